The van der Waals surface area contributed by atoms with Crippen LogP contribution < -0.4 is 5.73 Å². The van der Waals surface area contributed by atoms with Crippen LogP contribution in [0.1, 0.15) is 11.1 Å². The van der Waals surface area contributed by atoms with Gasteiger partial charge in [-0.05, 0) is 25.2 Å². The van der Waals surface area contributed by atoms with Gasteiger partial charge in [-0.1, -0.05) is 0 Å². The summed E-state index contributed by atoms with van der Waals surface area (Å²) in [6.45, 7) is 0.972. The van der Waals surface area contributed by atoms with E-state index in [1.165, 1.54) is 0 Å². The molecule has 2 N–H and O–H groups in total. The van der Waals surface area contributed by atoms with Crippen molar-refractivity contribution >= 4 is 0 Å². The molecule has 0 aliphatic heterocycles. The van der Waals surface area contributed by atoms with Gasteiger partial charge in [-0.3, -0.25) is 0 Å². The summed E-state index contributed by atoms with van der Waals surface area (Å²) in [5.74, 6) is -0.637. The Morgan fingerprint density at radius 1 is 1.29 bits per heavy atom. The predicted octanol–water partition coefficient (Wildman–Crippen LogP) is 2.24. The summed E-state index contributed by atoms with van der Waals surface area (Å²) >= 11 is 0. The Hall–Kier alpha value is -1.14. The molecule has 1 aromatic rings. The smallest absolute Gasteiger partial charge is 0.329 e. The van der Waals surface area contributed by atoms with Crippen LogP contribution in [0.5, 0.6) is 0 Å². The second kappa shape index (κ2) is 5.46. The Balaban J connectivity index is 2.91. The second-order valence-electron chi connectivity index (χ2n) is 3.83. The van der Waals surface area contributed by atoms with E-state index in [4.69, 9.17) is 5.73 Å². The molecule has 17 heavy (non-hydrogen) atoms. The van der Waals surface area contributed by atoms with Gasteiger partial charge in [0.05, 0.1) is 5.56 Å². The maximum absolute atomic E-state index is 13.3. The van der Waals surface area contributed by atoms with E-state index in [0.717, 1.165) is 18.2 Å². The first-order valence-electron chi connectivity index (χ1n) is 5.09. The zero-order chi connectivity index (χ0) is 13.1. The second-order valence-corrected chi connectivity index (χ2v) is 3.83. The minimum Gasteiger partial charge on any atom is -0.329 e. The first-order chi connectivity index (χ1) is 7.84. The van der Waals surface area contributed by atoms with Crippen molar-refractivity contribution in [3.8, 4) is 0 Å². The summed E-state index contributed by atoms with van der Waals surface area (Å²) in [6, 6.07) is 2.42. The summed E-state index contributed by atoms with van der Waals surface area (Å²) in [5.41, 5.74) is 4.49. The van der Waals surface area contributed by atoms with Crippen LogP contribution in [0.25, 0.3) is 0 Å². The van der Waals surface area contributed by atoms with Crippen LogP contribution in [-0.2, 0) is 12.7 Å². The van der Waals surface area contributed by atoms with E-state index in [1.807, 2.05) is 0 Å². The molecule has 0 amide bonds. The highest BCUT2D eigenvalue weighted by molar-refractivity contribution is 5.27. The minimum absolute atomic E-state index is 0.0239. The first-order valence-corrected chi connectivity index (χ1v) is 5.09. The molecule has 0 aromatic heterocycles. The number of hydrogen-bond donors (Lipinski definition) is 1. The molecule has 0 saturated carbocycles. The zero-order valence-corrected chi connectivity index (χ0v) is 9.39. The number of nitrogens with two attached hydrogens (primary N) is 1. The van der Waals surface area contributed by atoms with Crippen molar-refractivity contribution in [2.75, 3.05) is 20.1 Å². The third kappa shape index (κ3) is 3.98. The van der Waals surface area contributed by atoms with Gasteiger partial charge in [0.25, 0.3) is 0 Å². The maximum Gasteiger partial charge on any atom is 0.416 e. The van der Waals surface area contributed by atoms with Crippen LogP contribution in [0.4, 0.5) is 17.6 Å². The van der Waals surface area contributed by atoms with Crippen LogP contribution in [0.3, 0.4) is 0 Å². The molecular weight excluding hydrogens is 236 g/mol. The van der Waals surface area contributed by atoms with E-state index in [9.17, 15) is 17.6 Å². The van der Waals surface area contributed by atoms with Gasteiger partial charge in [0, 0.05) is 25.2 Å². The van der Waals surface area contributed by atoms with Crippen molar-refractivity contribution in [2.45, 2.75) is 12.7 Å². The number of benzene rings is 1. The Kier molecular flexibility index (Phi) is 4.47. The van der Waals surface area contributed by atoms with Gasteiger partial charge in [-0.15, -0.1) is 0 Å². The van der Waals surface area contributed by atoms with Crippen molar-refractivity contribution in [3.05, 3.63) is 35.1 Å². The van der Waals surface area contributed by atoms with Gasteiger partial charge in [0.2, 0.25) is 0 Å². The van der Waals surface area contributed by atoms with E-state index < -0.39 is 17.6 Å². The van der Waals surface area contributed by atoms with Crippen LogP contribution >= 0.6 is 0 Å². The molecular formula is C11H14F4N2. The number of nitrogens with zero attached hydrogens (tertiary/aromatic N) is 1. The molecule has 96 valence electrons. The van der Waals surface area contributed by atoms with Gasteiger partial charge in [-0.2, -0.15) is 13.2 Å². The standard InChI is InChI=1S/C11H14F4N2/c1-17(5-4-16)7-8-6-9(11(13,14)15)2-3-10(8)12/h2-3,6H,4-5,7,16H2,1H3. The highest BCUT2D eigenvalue weighted by Gasteiger charge is 2.31. The molecule has 0 aliphatic rings. The predicted molar refractivity (Wildman–Crippen MR) is 56.8 cm³/mol. The minimum atomic E-state index is -4.45. The van der Waals surface area contributed by atoms with Crippen molar-refractivity contribution < 1.29 is 17.6 Å². The molecule has 0 fully saturated rings. The monoisotopic (exact) mass is 250 g/mol. The fourth-order valence-electron chi connectivity index (χ4n) is 1.46. The zero-order valence-electron chi connectivity index (χ0n) is 9.39. The lowest BCUT2D eigenvalue weighted by Crippen LogP contribution is -2.25. The molecule has 0 heterocycles. The third-order valence-electron chi connectivity index (χ3n) is 2.32. The highest BCUT2D eigenvalue weighted by atomic mass is 19.4. The number of rotatable bonds is 4. The topological polar surface area (TPSA) is 29.3 Å². The van der Waals surface area contributed by atoms with Crippen LogP contribution in [0.15, 0.2) is 18.2 Å². The quantitative estimate of drug-likeness (QED) is 0.830. The molecule has 1 aromatic carbocycles. The SMILES string of the molecule is CN(CCN)Cc1cc(C(F)(F)F)ccc1F. The molecule has 0 atom stereocenters. The van der Waals surface area contributed by atoms with Crippen molar-refractivity contribution in [2.24, 2.45) is 5.73 Å². The summed E-state index contributed by atoms with van der Waals surface area (Å²) in [5, 5.41) is 0. The van der Waals surface area contributed by atoms with Crippen LogP contribution in [-0.4, -0.2) is 25.0 Å². The lowest BCUT2D eigenvalue weighted by atomic mass is 10.1. The fourth-order valence-corrected chi connectivity index (χ4v) is 1.46. The largest absolute Gasteiger partial charge is 0.416 e. The van der Waals surface area contributed by atoms with Gasteiger partial charge >= 0.3 is 6.18 Å². The average Bonchev–Trinajstić information content (AvgIpc) is 2.20. The van der Waals surface area contributed by atoms with Crippen LogP contribution in [0, 0.1) is 5.82 Å². The number of likely N-dealkylation sites (N-methyl/N-ethyl adjacent to an activating group) is 1. The Morgan fingerprint density at radius 2 is 1.94 bits per heavy atom. The Morgan fingerprint density at radius 3 is 2.47 bits per heavy atom. The Labute approximate surface area is 97.0 Å². The molecule has 6 heteroatoms. The fraction of sp³-hybridized carbons (Fsp3) is 0.455. The summed E-state index contributed by atoms with van der Waals surface area (Å²) in [7, 11) is 1.67. The van der Waals surface area contributed by atoms with E-state index in [1.54, 1.807) is 11.9 Å². The summed E-state index contributed by atoms with van der Waals surface area (Å²) in [4.78, 5) is 1.67. The van der Waals surface area contributed by atoms with E-state index in [0.29, 0.717) is 13.1 Å². The number of alkyl halides is 3. The van der Waals surface area contributed by atoms with E-state index in [-0.39, 0.29) is 12.1 Å². The average molecular weight is 250 g/mol. The Bertz CT molecular complexity index is 376. The van der Waals surface area contributed by atoms with Crippen LogP contribution in [0.2, 0.25) is 0 Å². The number of hydrogen-bond acceptors (Lipinski definition) is 2. The summed E-state index contributed by atoms with van der Waals surface area (Å²) < 4.78 is 50.6. The highest BCUT2D eigenvalue weighted by Crippen LogP contribution is 2.30. The van der Waals surface area contributed by atoms with Crippen molar-refractivity contribution in [3.63, 3.8) is 0 Å². The molecule has 0 spiro atoms. The van der Waals surface area contributed by atoms with Crippen molar-refractivity contribution in [1.82, 2.24) is 4.90 Å². The molecule has 0 unspecified atom stereocenters. The molecule has 0 aliphatic carbocycles. The maximum atomic E-state index is 13.3. The van der Waals surface area contributed by atoms with Crippen molar-refractivity contribution in [1.29, 1.82) is 0 Å². The molecule has 0 radical (unpaired) electrons. The summed E-state index contributed by atoms with van der Waals surface area (Å²) in [6.07, 6.45) is -4.45. The normalized spacial score (nSPS) is 12.2. The number of halogens is 4. The van der Waals surface area contributed by atoms with Gasteiger partial charge in [-0.25, -0.2) is 4.39 Å². The van der Waals surface area contributed by atoms with Gasteiger partial charge < -0.3 is 10.6 Å². The van der Waals surface area contributed by atoms with Gasteiger partial charge in [0.15, 0.2) is 0 Å². The lowest BCUT2D eigenvalue weighted by molar-refractivity contribution is -0.137. The molecule has 1 rings (SSSR count). The molecule has 0 bridgehead atoms. The van der Waals surface area contributed by atoms with Gasteiger partial charge in [0.1, 0.15) is 5.82 Å². The first kappa shape index (κ1) is 13.9. The molecule has 2 nitrogen and oxygen atoms in total. The lowest BCUT2D eigenvalue weighted by Gasteiger charge is -2.17. The van der Waals surface area contributed by atoms with E-state index in [2.05, 4.69) is 0 Å². The molecule has 0 saturated heterocycles. The van der Waals surface area contributed by atoms with E-state index >= 15 is 0 Å². The third-order valence-corrected chi connectivity index (χ3v) is 2.32.